The second-order valence-corrected chi connectivity index (χ2v) is 9.19. The molecule has 0 unspecified atom stereocenters. The summed E-state index contributed by atoms with van der Waals surface area (Å²) in [5.41, 5.74) is 8.98. The van der Waals surface area contributed by atoms with Crippen LogP contribution in [-0.2, 0) is 10.3 Å². The van der Waals surface area contributed by atoms with Crippen molar-refractivity contribution in [3.63, 3.8) is 0 Å². The number of carbonyl (C=O) groups excluding carboxylic acids is 1. The van der Waals surface area contributed by atoms with E-state index in [0.717, 1.165) is 54.5 Å². The molecule has 2 N–H and O–H groups in total. The summed E-state index contributed by atoms with van der Waals surface area (Å²) < 4.78 is 12.0. The van der Waals surface area contributed by atoms with Crippen LogP contribution in [0.4, 0.5) is 4.79 Å². The van der Waals surface area contributed by atoms with E-state index >= 15 is 0 Å². The van der Waals surface area contributed by atoms with Gasteiger partial charge in [0, 0.05) is 17.7 Å². The Balaban J connectivity index is 1.53. The zero-order valence-electron chi connectivity index (χ0n) is 18.6. The number of aromatic nitrogens is 1. The molecule has 2 heterocycles. The lowest BCUT2D eigenvalue weighted by Crippen LogP contribution is -2.40. The topological polar surface area (TPSA) is 95.4 Å². The summed E-state index contributed by atoms with van der Waals surface area (Å²) in [4.78, 5) is 29.8. The van der Waals surface area contributed by atoms with Crippen molar-refractivity contribution in [1.29, 1.82) is 0 Å². The molecule has 6 rings (SSSR count). The molecular weight excluding hydrogens is 428 g/mol. The average molecular weight is 453 g/mol. The summed E-state index contributed by atoms with van der Waals surface area (Å²) in [6, 6.07) is 19.0. The summed E-state index contributed by atoms with van der Waals surface area (Å²) in [7, 11) is 0. The van der Waals surface area contributed by atoms with E-state index in [-0.39, 0.29) is 5.43 Å². The van der Waals surface area contributed by atoms with E-state index in [0.29, 0.717) is 28.2 Å². The van der Waals surface area contributed by atoms with E-state index in [1.165, 1.54) is 0 Å². The zero-order chi connectivity index (χ0) is 23.3. The van der Waals surface area contributed by atoms with Crippen molar-refractivity contribution in [3.05, 3.63) is 88.3 Å². The summed E-state index contributed by atoms with van der Waals surface area (Å²) in [5, 5.41) is 0.545. The molecule has 0 radical (unpaired) electrons. The van der Waals surface area contributed by atoms with Gasteiger partial charge in [0.15, 0.2) is 5.58 Å². The quantitative estimate of drug-likeness (QED) is 0.408. The van der Waals surface area contributed by atoms with Crippen molar-refractivity contribution < 1.29 is 13.9 Å². The number of primary amides is 1. The molecule has 4 aromatic rings. The maximum atomic E-state index is 13.8. The van der Waals surface area contributed by atoms with Crippen LogP contribution < -0.4 is 11.2 Å². The number of ether oxygens (including phenoxy) is 1. The monoisotopic (exact) mass is 452 g/mol. The normalized spacial score (nSPS) is 16.7. The number of fused-ring (bicyclic) bond motifs is 1. The Morgan fingerprint density at radius 3 is 2.35 bits per heavy atom. The summed E-state index contributed by atoms with van der Waals surface area (Å²) >= 11 is 0. The number of hydrogen-bond acceptors (Lipinski definition) is 5. The minimum absolute atomic E-state index is 0.0797. The van der Waals surface area contributed by atoms with Crippen molar-refractivity contribution in [2.45, 2.75) is 43.6 Å². The standard InChI is InChI=1S/C28H24N2O4/c29-27(32)34-28(14-4-15-28)20-11-9-17(10-12-20)22-24(31)21-13-16-30-23(18-7-8-18)26(21)33-25(22)19-5-2-1-3-6-19/h1-3,5-6,9-13,16,18H,4,7-8,14-15H2,(H2,29,32). The van der Waals surface area contributed by atoms with Crippen LogP contribution in [-0.4, -0.2) is 11.1 Å². The predicted octanol–water partition coefficient (Wildman–Crippen LogP) is 5.87. The van der Waals surface area contributed by atoms with Gasteiger partial charge in [0.25, 0.3) is 0 Å². The fourth-order valence-corrected chi connectivity index (χ4v) is 4.92. The van der Waals surface area contributed by atoms with E-state index in [2.05, 4.69) is 4.98 Å². The number of carbonyl (C=O) groups is 1. The van der Waals surface area contributed by atoms with Crippen LogP contribution >= 0.6 is 0 Å². The van der Waals surface area contributed by atoms with E-state index in [1.807, 2.05) is 54.6 Å². The number of hydrogen-bond donors (Lipinski definition) is 1. The van der Waals surface area contributed by atoms with E-state index in [1.54, 1.807) is 12.3 Å². The highest BCUT2D eigenvalue weighted by atomic mass is 16.6. The molecule has 2 aromatic carbocycles. The first-order valence-electron chi connectivity index (χ1n) is 11.7. The first kappa shape index (κ1) is 20.7. The molecule has 170 valence electrons. The van der Waals surface area contributed by atoms with Crippen LogP contribution in [0.25, 0.3) is 33.4 Å². The number of benzene rings is 2. The first-order valence-corrected chi connectivity index (χ1v) is 11.7. The van der Waals surface area contributed by atoms with Crippen molar-refractivity contribution in [3.8, 4) is 22.5 Å². The SMILES string of the molecule is NC(=O)OC1(c2ccc(-c3c(-c4ccccc4)oc4c(C5CC5)nccc4c3=O)cc2)CCC1. The Labute approximate surface area is 196 Å². The predicted molar refractivity (Wildman–Crippen MR) is 129 cm³/mol. The van der Waals surface area contributed by atoms with Crippen LogP contribution in [0.3, 0.4) is 0 Å². The molecule has 0 aliphatic heterocycles. The molecule has 2 aliphatic rings. The van der Waals surface area contributed by atoms with Crippen LogP contribution in [0, 0.1) is 0 Å². The molecule has 2 aliphatic carbocycles. The molecule has 0 spiro atoms. The minimum atomic E-state index is -0.773. The lowest BCUT2D eigenvalue weighted by atomic mass is 9.74. The Bertz CT molecular complexity index is 1450. The lowest BCUT2D eigenvalue weighted by molar-refractivity contribution is -0.0489. The third-order valence-electron chi connectivity index (χ3n) is 6.99. The van der Waals surface area contributed by atoms with Gasteiger partial charge in [0.1, 0.15) is 11.4 Å². The molecule has 2 fully saturated rings. The van der Waals surface area contributed by atoms with Crippen molar-refractivity contribution in [2.24, 2.45) is 5.73 Å². The summed E-state index contributed by atoms with van der Waals surface area (Å²) in [6.07, 6.45) is 5.50. The van der Waals surface area contributed by atoms with Gasteiger partial charge >= 0.3 is 6.09 Å². The molecule has 2 saturated carbocycles. The number of amides is 1. The molecule has 1 amide bonds. The molecule has 0 atom stereocenters. The molecule has 6 heteroatoms. The fraction of sp³-hybridized carbons (Fsp3) is 0.250. The number of nitrogens with zero attached hydrogens (tertiary/aromatic N) is 1. The highest BCUT2D eigenvalue weighted by molar-refractivity contribution is 5.90. The van der Waals surface area contributed by atoms with Gasteiger partial charge in [-0.15, -0.1) is 0 Å². The minimum Gasteiger partial charge on any atom is -0.453 e. The van der Waals surface area contributed by atoms with Crippen LogP contribution in [0.1, 0.15) is 49.3 Å². The fourth-order valence-electron chi connectivity index (χ4n) is 4.92. The van der Waals surface area contributed by atoms with E-state index in [9.17, 15) is 9.59 Å². The lowest BCUT2D eigenvalue weighted by Gasteiger charge is -2.40. The number of rotatable bonds is 5. The smallest absolute Gasteiger partial charge is 0.405 e. The third-order valence-corrected chi connectivity index (χ3v) is 6.99. The number of pyridine rings is 1. The van der Waals surface area contributed by atoms with Gasteiger partial charge in [-0.3, -0.25) is 9.78 Å². The highest BCUT2D eigenvalue weighted by Crippen LogP contribution is 2.46. The van der Waals surface area contributed by atoms with Crippen molar-refractivity contribution in [2.75, 3.05) is 0 Å². The van der Waals surface area contributed by atoms with Gasteiger partial charge in [-0.25, -0.2) is 4.79 Å². The van der Waals surface area contributed by atoms with Gasteiger partial charge in [-0.2, -0.15) is 0 Å². The van der Waals surface area contributed by atoms with Crippen molar-refractivity contribution in [1.82, 2.24) is 4.98 Å². The molecule has 34 heavy (non-hydrogen) atoms. The average Bonchev–Trinajstić information content (AvgIpc) is 3.67. The van der Waals surface area contributed by atoms with Crippen molar-refractivity contribution >= 4 is 17.1 Å². The largest absolute Gasteiger partial charge is 0.453 e. The summed E-state index contributed by atoms with van der Waals surface area (Å²) in [6.45, 7) is 0. The maximum absolute atomic E-state index is 13.8. The second-order valence-electron chi connectivity index (χ2n) is 9.19. The number of nitrogens with two attached hydrogens (primary N) is 1. The Morgan fingerprint density at radius 1 is 1.00 bits per heavy atom. The summed E-state index contributed by atoms with van der Waals surface area (Å²) in [5.74, 6) is 0.886. The van der Waals surface area contributed by atoms with Crippen LogP contribution in [0.15, 0.2) is 76.1 Å². The zero-order valence-corrected chi connectivity index (χ0v) is 18.6. The maximum Gasteiger partial charge on any atom is 0.405 e. The highest BCUT2D eigenvalue weighted by Gasteiger charge is 2.42. The molecule has 0 bridgehead atoms. The van der Waals surface area contributed by atoms with Gasteiger partial charge in [-0.1, -0.05) is 54.6 Å². The first-order chi connectivity index (χ1) is 16.6. The third kappa shape index (κ3) is 3.37. The van der Waals surface area contributed by atoms with Gasteiger partial charge in [0.2, 0.25) is 5.43 Å². The second kappa shape index (κ2) is 7.83. The van der Waals surface area contributed by atoms with Gasteiger partial charge in [0.05, 0.1) is 16.6 Å². The molecular formula is C28H24N2O4. The molecule has 2 aromatic heterocycles. The van der Waals surface area contributed by atoms with Crippen LogP contribution in [0.5, 0.6) is 0 Å². The van der Waals surface area contributed by atoms with Gasteiger partial charge in [-0.05, 0) is 49.3 Å². The van der Waals surface area contributed by atoms with E-state index in [4.69, 9.17) is 14.9 Å². The Kier molecular flexibility index (Phi) is 4.76. The van der Waals surface area contributed by atoms with Gasteiger partial charge < -0.3 is 14.9 Å². The van der Waals surface area contributed by atoms with E-state index < -0.39 is 11.7 Å². The Hall–Kier alpha value is -3.93. The molecule has 0 saturated heterocycles. The van der Waals surface area contributed by atoms with Crippen LogP contribution in [0.2, 0.25) is 0 Å². The Morgan fingerprint density at radius 2 is 1.74 bits per heavy atom. The molecule has 6 nitrogen and oxygen atoms in total.